The quantitative estimate of drug-likeness (QED) is 0.599. The van der Waals surface area contributed by atoms with Gasteiger partial charge in [-0.2, -0.15) is 5.26 Å². The topological polar surface area (TPSA) is 120 Å². The van der Waals surface area contributed by atoms with E-state index in [9.17, 15) is 22.4 Å². The molecule has 0 radical (unpaired) electrons. The van der Waals surface area contributed by atoms with Gasteiger partial charge in [0.1, 0.15) is 12.2 Å². The number of nitrogens with one attached hydrogen (secondary N) is 1. The molecule has 0 spiro atoms. The Labute approximate surface area is 195 Å². The fraction of sp³-hybridized carbons (Fsp3) is 0.250. The maximum absolute atomic E-state index is 13.6. The number of fused-ring (bicyclic) bond motifs is 1. The molecule has 3 aromatic rings. The van der Waals surface area contributed by atoms with Crippen molar-refractivity contribution in [2.75, 3.05) is 19.3 Å². The van der Waals surface area contributed by atoms with Crippen LogP contribution < -0.4 is 5.32 Å². The van der Waals surface area contributed by atoms with Gasteiger partial charge in [0.2, 0.25) is 5.91 Å². The molecule has 10 heteroatoms. The maximum atomic E-state index is 13.6. The van der Waals surface area contributed by atoms with Crippen LogP contribution in [-0.2, 0) is 14.6 Å². The highest BCUT2D eigenvalue weighted by Crippen LogP contribution is 2.27. The van der Waals surface area contributed by atoms with E-state index < -0.39 is 33.9 Å². The predicted molar refractivity (Wildman–Crippen MR) is 123 cm³/mol. The number of carbonyl (C=O) groups excluding carboxylic acids is 2. The second kappa shape index (κ2) is 9.19. The first-order valence-corrected chi connectivity index (χ1v) is 12.4. The van der Waals surface area contributed by atoms with Crippen molar-refractivity contribution in [1.82, 2.24) is 15.2 Å². The van der Waals surface area contributed by atoms with Gasteiger partial charge in [-0.3, -0.25) is 14.6 Å². The van der Waals surface area contributed by atoms with Gasteiger partial charge in [0.15, 0.2) is 9.84 Å². The van der Waals surface area contributed by atoms with Gasteiger partial charge in [0.05, 0.1) is 35.1 Å². The minimum absolute atomic E-state index is 0.0286. The number of hydrogen-bond donors (Lipinski definition) is 1. The van der Waals surface area contributed by atoms with E-state index in [2.05, 4.69) is 10.3 Å². The van der Waals surface area contributed by atoms with E-state index in [4.69, 9.17) is 5.26 Å². The standard InChI is InChI=1S/C24H21FN4O4S/c1-34(32,33)19-5-2-15(3-6-19)16-4-7-22-21(10-16)20(8-9-27-22)24(31)28-13-23(30)29-14-17(25)11-18(29)12-26/h2-10,17-18H,11,13-14H2,1H3,(H,28,31)/t17-,18+/m1/s1. The van der Waals surface area contributed by atoms with Crippen LogP contribution in [0.15, 0.2) is 59.6 Å². The third-order valence-corrected chi connectivity index (χ3v) is 6.85. The molecule has 2 aromatic carbocycles. The minimum Gasteiger partial charge on any atom is -0.343 e. The summed E-state index contributed by atoms with van der Waals surface area (Å²) in [5, 5.41) is 12.2. The Kier molecular flexibility index (Phi) is 6.30. The summed E-state index contributed by atoms with van der Waals surface area (Å²) < 4.78 is 37.0. The van der Waals surface area contributed by atoms with Crippen molar-refractivity contribution in [3.63, 3.8) is 0 Å². The first kappa shape index (κ1) is 23.3. The molecule has 0 bridgehead atoms. The smallest absolute Gasteiger partial charge is 0.252 e. The van der Waals surface area contributed by atoms with E-state index in [1.165, 1.54) is 24.4 Å². The van der Waals surface area contributed by atoms with Crippen molar-refractivity contribution < 1.29 is 22.4 Å². The first-order chi connectivity index (χ1) is 16.2. The number of sulfone groups is 1. The molecule has 1 aliphatic rings. The van der Waals surface area contributed by atoms with Crippen molar-refractivity contribution in [2.45, 2.75) is 23.5 Å². The SMILES string of the molecule is CS(=O)(=O)c1ccc(-c2ccc3nccc(C(=O)NCC(=O)N4C[C@H](F)C[C@H]4C#N)c3c2)cc1. The van der Waals surface area contributed by atoms with Crippen LogP contribution in [-0.4, -0.2) is 61.7 Å². The Bertz CT molecular complexity index is 1420. The summed E-state index contributed by atoms with van der Waals surface area (Å²) in [5.74, 6) is -1.03. The molecule has 0 aliphatic carbocycles. The number of amides is 2. The highest BCUT2D eigenvalue weighted by Gasteiger charge is 2.35. The van der Waals surface area contributed by atoms with E-state index in [0.29, 0.717) is 16.5 Å². The molecule has 0 saturated carbocycles. The predicted octanol–water partition coefficient (Wildman–Crippen LogP) is 2.50. The number of benzene rings is 2. The molecule has 1 N–H and O–H groups in total. The van der Waals surface area contributed by atoms with Crippen molar-refractivity contribution in [2.24, 2.45) is 0 Å². The molecule has 1 aromatic heterocycles. The van der Waals surface area contributed by atoms with Gasteiger partial charge in [-0.15, -0.1) is 0 Å². The molecule has 2 amide bonds. The number of alkyl halides is 1. The zero-order valence-electron chi connectivity index (χ0n) is 18.2. The Morgan fingerprint density at radius 3 is 2.56 bits per heavy atom. The molecule has 2 atom stereocenters. The fourth-order valence-electron chi connectivity index (χ4n) is 3.95. The van der Waals surface area contributed by atoms with Gasteiger partial charge in [0, 0.05) is 24.3 Å². The van der Waals surface area contributed by atoms with Crippen LogP contribution in [0.5, 0.6) is 0 Å². The first-order valence-electron chi connectivity index (χ1n) is 10.5. The van der Waals surface area contributed by atoms with Gasteiger partial charge in [-0.1, -0.05) is 18.2 Å². The number of pyridine rings is 1. The third-order valence-electron chi connectivity index (χ3n) is 5.72. The Morgan fingerprint density at radius 1 is 1.18 bits per heavy atom. The summed E-state index contributed by atoms with van der Waals surface area (Å²) in [7, 11) is -3.31. The van der Waals surface area contributed by atoms with E-state index in [0.717, 1.165) is 22.3 Å². The van der Waals surface area contributed by atoms with Crippen LogP contribution in [0.3, 0.4) is 0 Å². The number of likely N-dealkylation sites (tertiary alicyclic amines) is 1. The molecule has 4 rings (SSSR count). The molecule has 0 unspecified atom stereocenters. The summed E-state index contributed by atoms with van der Waals surface area (Å²) in [6.07, 6.45) is 1.34. The summed E-state index contributed by atoms with van der Waals surface area (Å²) in [4.78, 5) is 31.0. The molecular weight excluding hydrogens is 459 g/mol. The molecule has 2 heterocycles. The molecule has 1 fully saturated rings. The summed E-state index contributed by atoms with van der Waals surface area (Å²) in [6, 6.07) is 14.4. The van der Waals surface area contributed by atoms with Crippen LogP contribution in [0.1, 0.15) is 16.8 Å². The lowest BCUT2D eigenvalue weighted by molar-refractivity contribution is -0.130. The molecular formula is C24H21FN4O4S. The highest BCUT2D eigenvalue weighted by atomic mass is 32.2. The molecule has 8 nitrogen and oxygen atoms in total. The monoisotopic (exact) mass is 480 g/mol. The Balaban J connectivity index is 1.56. The van der Waals surface area contributed by atoms with Gasteiger partial charge in [0.25, 0.3) is 5.91 Å². The van der Waals surface area contributed by atoms with Gasteiger partial charge < -0.3 is 10.2 Å². The molecule has 1 aliphatic heterocycles. The van der Waals surface area contributed by atoms with E-state index >= 15 is 0 Å². The number of aromatic nitrogens is 1. The summed E-state index contributed by atoms with van der Waals surface area (Å²) >= 11 is 0. The molecule has 34 heavy (non-hydrogen) atoms. The number of nitriles is 1. The van der Waals surface area contributed by atoms with E-state index in [-0.39, 0.29) is 24.4 Å². The van der Waals surface area contributed by atoms with Crippen molar-refractivity contribution in [1.29, 1.82) is 5.26 Å². The van der Waals surface area contributed by atoms with Crippen molar-refractivity contribution in [3.05, 3.63) is 60.3 Å². The number of nitrogens with zero attached hydrogens (tertiary/aromatic N) is 3. The summed E-state index contributed by atoms with van der Waals surface area (Å²) in [5.41, 5.74) is 2.39. The lowest BCUT2D eigenvalue weighted by atomic mass is 10.0. The van der Waals surface area contributed by atoms with E-state index in [1.54, 1.807) is 24.3 Å². The lowest BCUT2D eigenvalue weighted by Crippen LogP contribution is -2.42. The van der Waals surface area contributed by atoms with Crippen LogP contribution in [0.2, 0.25) is 0 Å². The number of carbonyl (C=O) groups is 2. The van der Waals surface area contributed by atoms with Crippen LogP contribution in [0, 0.1) is 11.3 Å². The zero-order valence-corrected chi connectivity index (χ0v) is 19.0. The third kappa shape index (κ3) is 4.75. The summed E-state index contributed by atoms with van der Waals surface area (Å²) in [6.45, 7) is -0.521. The lowest BCUT2D eigenvalue weighted by Gasteiger charge is -2.19. The molecule has 1 saturated heterocycles. The number of halogens is 1. The van der Waals surface area contributed by atoms with Crippen LogP contribution >= 0.6 is 0 Å². The van der Waals surface area contributed by atoms with Crippen molar-refractivity contribution in [3.8, 4) is 17.2 Å². The van der Waals surface area contributed by atoms with Crippen molar-refractivity contribution >= 4 is 32.6 Å². The van der Waals surface area contributed by atoms with Gasteiger partial charge in [-0.05, 0) is 41.5 Å². The largest absolute Gasteiger partial charge is 0.343 e. The maximum Gasteiger partial charge on any atom is 0.252 e. The Morgan fingerprint density at radius 2 is 1.88 bits per heavy atom. The molecule has 174 valence electrons. The minimum atomic E-state index is -3.31. The number of rotatable bonds is 5. The van der Waals surface area contributed by atoms with Gasteiger partial charge in [-0.25, -0.2) is 12.8 Å². The average molecular weight is 481 g/mol. The van der Waals surface area contributed by atoms with E-state index in [1.807, 2.05) is 12.1 Å². The zero-order chi connectivity index (χ0) is 24.5. The fourth-order valence-corrected chi connectivity index (χ4v) is 4.58. The average Bonchev–Trinajstić information content (AvgIpc) is 3.22. The highest BCUT2D eigenvalue weighted by molar-refractivity contribution is 7.90. The van der Waals surface area contributed by atoms with Crippen LogP contribution in [0.25, 0.3) is 22.0 Å². The normalized spacial score (nSPS) is 18.0. The second-order valence-electron chi connectivity index (χ2n) is 8.09. The van der Waals surface area contributed by atoms with Crippen LogP contribution in [0.4, 0.5) is 4.39 Å². The number of hydrogen-bond acceptors (Lipinski definition) is 6. The van der Waals surface area contributed by atoms with Gasteiger partial charge >= 0.3 is 0 Å². The Hall–Kier alpha value is -3.84. The second-order valence-corrected chi connectivity index (χ2v) is 10.1.